The third-order valence-electron chi connectivity index (χ3n) is 4.00. The molecule has 0 aliphatic heterocycles. The molecule has 2 rings (SSSR count). The molecule has 0 fully saturated rings. The number of likely N-dealkylation sites (N-methyl/N-ethyl adjacent to an activating group) is 1. The van der Waals surface area contributed by atoms with Crippen LogP contribution in [-0.2, 0) is 13.0 Å². The number of nitrogens with two attached hydrogens (primary N) is 1. The maximum absolute atomic E-state index is 6.36. The first-order chi connectivity index (χ1) is 10.1. The summed E-state index contributed by atoms with van der Waals surface area (Å²) in [4.78, 5) is 6.60. The quantitative estimate of drug-likeness (QED) is 0.850. The minimum atomic E-state index is -0.0146. The van der Waals surface area contributed by atoms with E-state index in [0.29, 0.717) is 6.04 Å². The first kappa shape index (κ1) is 15.7. The van der Waals surface area contributed by atoms with Crippen LogP contribution in [0.1, 0.15) is 31.1 Å². The fourth-order valence-electron chi connectivity index (χ4n) is 2.32. The van der Waals surface area contributed by atoms with Crippen molar-refractivity contribution in [3.05, 3.63) is 54.1 Å². The third-order valence-corrected chi connectivity index (χ3v) is 4.00. The van der Waals surface area contributed by atoms with E-state index in [0.717, 1.165) is 25.2 Å². The van der Waals surface area contributed by atoms with Gasteiger partial charge in [0.15, 0.2) is 0 Å². The van der Waals surface area contributed by atoms with Crippen LogP contribution < -0.4 is 5.73 Å². The summed E-state index contributed by atoms with van der Waals surface area (Å²) in [6.07, 6.45) is 4.61. The van der Waals surface area contributed by atoms with Gasteiger partial charge in [-0.3, -0.25) is 0 Å². The maximum Gasteiger partial charge on any atom is 0.0949 e. The van der Waals surface area contributed by atoms with Gasteiger partial charge >= 0.3 is 0 Å². The average Bonchev–Trinajstić information content (AvgIpc) is 2.94. The van der Waals surface area contributed by atoms with E-state index in [2.05, 4.69) is 59.6 Å². The summed E-state index contributed by atoms with van der Waals surface area (Å²) in [5, 5.41) is 0. The summed E-state index contributed by atoms with van der Waals surface area (Å²) >= 11 is 0. The van der Waals surface area contributed by atoms with E-state index in [9.17, 15) is 0 Å². The van der Waals surface area contributed by atoms with Crippen molar-refractivity contribution >= 4 is 0 Å². The summed E-state index contributed by atoms with van der Waals surface area (Å²) in [5.74, 6) is 0. The van der Waals surface area contributed by atoms with Gasteiger partial charge in [-0.1, -0.05) is 30.3 Å². The molecule has 1 aromatic carbocycles. The monoisotopic (exact) mass is 286 g/mol. The molecule has 4 nitrogen and oxygen atoms in total. The predicted octanol–water partition coefficient (Wildman–Crippen LogP) is 2.47. The van der Waals surface area contributed by atoms with Gasteiger partial charge in [0.25, 0.3) is 0 Å². The molecular weight excluding hydrogens is 260 g/mol. The molecule has 21 heavy (non-hydrogen) atoms. The number of imidazole rings is 1. The van der Waals surface area contributed by atoms with Gasteiger partial charge in [0.1, 0.15) is 0 Å². The molecule has 0 saturated carbocycles. The summed E-state index contributed by atoms with van der Waals surface area (Å²) in [5.41, 5.74) is 8.73. The molecule has 1 heterocycles. The molecule has 0 bridgehead atoms. The summed E-state index contributed by atoms with van der Waals surface area (Å²) in [6.45, 7) is 6.33. The molecule has 0 aliphatic rings. The number of hydrogen-bond acceptors (Lipinski definition) is 3. The SMILES string of the molecule is CC(C)N(C)CCn1cncc1[C@H](N)Cc1ccccc1. The van der Waals surface area contributed by atoms with E-state index >= 15 is 0 Å². The second kappa shape index (κ2) is 7.38. The van der Waals surface area contributed by atoms with Crippen molar-refractivity contribution in [1.29, 1.82) is 0 Å². The molecule has 1 aromatic heterocycles. The van der Waals surface area contributed by atoms with Crippen molar-refractivity contribution < 1.29 is 0 Å². The molecule has 114 valence electrons. The van der Waals surface area contributed by atoms with Crippen molar-refractivity contribution in [2.24, 2.45) is 5.73 Å². The lowest BCUT2D eigenvalue weighted by Crippen LogP contribution is -2.30. The average molecular weight is 286 g/mol. The molecule has 1 atom stereocenters. The number of hydrogen-bond donors (Lipinski definition) is 1. The zero-order chi connectivity index (χ0) is 15.2. The molecule has 0 amide bonds. The third kappa shape index (κ3) is 4.41. The van der Waals surface area contributed by atoms with Gasteiger partial charge < -0.3 is 15.2 Å². The Hall–Kier alpha value is -1.65. The zero-order valence-corrected chi connectivity index (χ0v) is 13.2. The van der Waals surface area contributed by atoms with Crippen molar-refractivity contribution in [3.8, 4) is 0 Å². The highest BCUT2D eigenvalue weighted by Crippen LogP contribution is 2.16. The highest BCUT2D eigenvalue weighted by atomic mass is 15.2. The van der Waals surface area contributed by atoms with Crippen LogP contribution in [0.25, 0.3) is 0 Å². The predicted molar refractivity (Wildman–Crippen MR) is 87.1 cm³/mol. The summed E-state index contributed by atoms with van der Waals surface area (Å²) in [6, 6.07) is 10.9. The number of benzene rings is 1. The second-order valence-corrected chi connectivity index (χ2v) is 5.88. The zero-order valence-electron chi connectivity index (χ0n) is 13.2. The van der Waals surface area contributed by atoms with Crippen LogP contribution in [0.4, 0.5) is 0 Å². The first-order valence-corrected chi connectivity index (χ1v) is 7.57. The number of nitrogens with zero attached hydrogens (tertiary/aromatic N) is 3. The molecule has 0 saturated heterocycles. The van der Waals surface area contributed by atoms with Crippen LogP contribution in [0.3, 0.4) is 0 Å². The van der Waals surface area contributed by atoms with Crippen molar-refractivity contribution in [3.63, 3.8) is 0 Å². The Morgan fingerprint density at radius 3 is 2.62 bits per heavy atom. The van der Waals surface area contributed by atoms with E-state index in [-0.39, 0.29) is 6.04 Å². The fraction of sp³-hybridized carbons (Fsp3) is 0.471. The van der Waals surface area contributed by atoms with E-state index in [1.807, 2.05) is 18.6 Å². The Morgan fingerprint density at radius 2 is 1.95 bits per heavy atom. The number of aromatic nitrogens is 2. The Labute approximate surface area is 127 Å². The topological polar surface area (TPSA) is 47.1 Å². The van der Waals surface area contributed by atoms with Gasteiger partial charge in [0, 0.05) is 25.3 Å². The normalized spacial score (nSPS) is 13.0. The fourth-order valence-corrected chi connectivity index (χ4v) is 2.32. The molecule has 4 heteroatoms. The Kier molecular flexibility index (Phi) is 5.53. The largest absolute Gasteiger partial charge is 0.332 e. The van der Waals surface area contributed by atoms with Crippen LogP contribution in [-0.4, -0.2) is 34.1 Å². The first-order valence-electron chi connectivity index (χ1n) is 7.57. The van der Waals surface area contributed by atoms with Crippen molar-refractivity contribution in [1.82, 2.24) is 14.5 Å². The standard InChI is InChI=1S/C17H26N4/c1-14(2)20(3)9-10-21-13-19-12-17(21)16(18)11-15-7-5-4-6-8-15/h4-8,12-14,16H,9-11,18H2,1-3H3/t16-/m1/s1. The molecule has 0 spiro atoms. The smallest absolute Gasteiger partial charge is 0.0949 e. The highest BCUT2D eigenvalue weighted by molar-refractivity contribution is 5.18. The van der Waals surface area contributed by atoms with E-state index in [4.69, 9.17) is 5.73 Å². The van der Waals surface area contributed by atoms with E-state index in [1.54, 1.807) is 0 Å². The van der Waals surface area contributed by atoms with Gasteiger partial charge in [-0.15, -0.1) is 0 Å². The van der Waals surface area contributed by atoms with E-state index in [1.165, 1.54) is 5.56 Å². The molecule has 2 aromatic rings. The maximum atomic E-state index is 6.36. The van der Waals surface area contributed by atoms with Crippen LogP contribution in [0.5, 0.6) is 0 Å². The summed E-state index contributed by atoms with van der Waals surface area (Å²) < 4.78 is 2.17. The van der Waals surface area contributed by atoms with Gasteiger partial charge in [-0.2, -0.15) is 0 Å². The van der Waals surface area contributed by atoms with Crippen LogP contribution in [0.2, 0.25) is 0 Å². The molecule has 0 radical (unpaired) electrons. The Bertz CT molecular complexity index is 533. The van der Waals surface area contributed by atoms with Crippen molar-refractivity contribution in [2.75, 3.05) is 13.6 Å². The van der Waals surface area contributed by atoms with Gasteiger partial charge in [0.2, 0.25) is 0 Å². The van der Waals surface area contributed by atoms with E-state index < -0.39 is 0 Å². The minimum Gasteiger partial charge on any atom is -0.332 e. The molecular formula is C17H26N4. The van der Waals surface area contributed by atoms with Gasteiger partial charge in [-0.05, 0) is 32.9 Å². The Morgan fingerprint density at radius 1 is 1.24 bits per heavy atom. The molecule has 0 aliphatic carbocycles. The summed E-state index contributed by atoms with van der Waals surface area (Å²) in [7, 11) is 2.14. The van der Waals surface area contributed by atoms with Crippen LogP contribution >= 0.6 is 0 Å². The molecule has 0 unspecified atom stereocenters. The van der Waals surface area contributed by atoms with Gasteiger partial charge in [-0.25, -0.2) is 4.98 Å². The van der Waals surface area contributed by atoms with Crippen LogP contribution in [0.15, 0.2) is 42.9 Å². The van der Waals surface area contributed by atoms with Crippen molar-refractivity contribution in [2.45, 2.75) is 38.9 Å². The second-order valence-electron chi connectivity index (χ2n) is 5.88. The molecule has 2 N–H and O–H groups in total. The lowest BCUT2D eigenvalue weighted by molar-refractivity contribution is 0.261. The Balaban J connectivity index is 1.99. The lowest BCUT2D eigenvalue weighted by atomic mass is 10.0. The lowest BCUT2D eigenvalue weighted by Gasteiger charge is -2.22. The highest BCUT2D eigenvalue weighted by Gasteiger charge is 2.13. The minimum absolute atomic E-state index is 0.0146. The number of rotatable bonds is 7. The van der Waals surface area contributed by atoms with Gasteiger partial charge in [0.05, 0.1) is 18.1 Å². The van der Waals surface area contributed by atoms with Crippen LogP contribution in [0, 0.1) is 0 Å².